The molecule has 0 amide bonds. The van der Waals surface area contributed by atoms with Crippen molar-refractivity contribution in [2.75, 3.05) is 18.4 Å². The maximum absolute atomic E-state index is 10.2. The number of phenols is 1. The van der Waals surface area contributed by atoms with E-state index in [0.29, 0.717) is 17.4 Å². The molecular weight excluding hydrogens is 312 g/mol. The second-order valence-corrected chi connectivity index (χ2v) is 6.47. The second-order valence-electron chi connectivity index (χ2n) is 6.47. The summed E-state index contributed by atoms with van der Waals surface area (Å²) in [6.45, 7) is 2.01. The molecule has 5 nitrogen and oxygen atoms in total. The quantitative estimate of drug-likeness (QED) is 0.683. The largest absolute Gasteiger partial charge is 0.507 e. The summed E-state index contributed by atoms with van der Waals surface area (Å²) < 4.78 is 0. The minimum Gasteiger partial charge on any atom is -0.507 e. The average Bonchev–Trinajstić information content (AvgIpc) is 2.91. The Bertz CT molecular complexity index is 872. The molecule has 2 aromatic carbocycles. The van der Waals surface area contributed by atoms with Crippen molar-refractivity contribution in [2.24, 2.45) is 0 Å². The molecule has 1 aliphatic rings. The van der Waals surface area contributed by atoms with Crippen LogP contribution in [0.3, 0.4) is 0 Å². The fraction of sp³-hybridized carbons (Fsp3) is 0.300. The molecule has 4 rings (SSSR count). The van der Waals surface area contributed by atoms with Gasteiger partial charge >= 0.3 is 0 Å². The first-order chi connectivity index (χ1) is 12.3. The summed E-state index contributed by atoms with van der Waals surface area (Å²) in [5.41, 5.74) is 1.52. The molecule has 1 aliphatic heterocycles. The Kier molecular flexibility index (Phi) is 4.48. The summed E-state index contributed by atoms with van der Waals surface area (Å²) in [4.78, 5) is 9.40. The van der Waals surface area contributed by atoms with Crippen LogP contribution >= 0.6 is 0 Å². The molecule has 2 heterocycles. The van der Waals surface area contributed by atoms with Gasteiger partial charge in [0.05, 0.1) is 11.1 Å². The zero-order chi connectivity index (χ0) is 17.1. The van der Waals surface area contributed by atoms with E-state index in [1.165, 1.54) is 12.8 Å². The van der Waals surface area contributed by atoms with Gasteiger partial charge in [-0.25, -0.2) is 9.97 Å². The van der Waals surface area contributed by atoms with Crippen molar-refractivity contribution in [1.82, 2.24) is 15.3 Å². The van der Waals surface area contributed by atoms with Gasteiger partial charge in [0, 0.05) is 18.0 Å². The van der Waals surface area contributed by atoms with Gasteiger partial charge in [0.25, 0.3) is 0 Å². The molecule has 0 radical (unpaired) electrons. The predicted octanol–water partition coefficient (Wildman–Crippen LogP) is 3.56. The summed E-state index contributed by atoms with van der Waals surface area (Å²) in [6, 6.07) is 15.5. The summed E-state index contributed by atoms with van der Waals surface area (Å²) in [7, 11) is 0. The third-order valence-corrected chi connectivity index (χ3v) is 4.64. The standard InChI is InChI=1S/C20H22N4O/c25-18-11-4-2-9-16(18)20-23-17-10-3-1-8-15(17)19(24-20)22-14-7-5-6-12-21-13-14/h1-4,8-11,14,21,25H,5-7,12-13H2,(H,22,23,24)/t14-/m1/s1. The highest BCUT2D eigenvalue weighted by atomic mass is 16.3. The van der Waals surface area contributed by atoms with Crippen LogP contribution < -0.4 is 10.6 Å². The lowest BCUT2D eigenvalue weighted by atomic mass is 10.1. The molecule has 1 saturated heterocycles. The minimum atomic E-state index is 0.194. The molecule has 0 unspecified atom stereocenters. The number of phenolic OH excluding ortho intramolecular Hbond substituents is 1. The number of nitrogens with zero attached hydrogens (tertiary/aromatic N) is 2. The van der Waals surface area contributed by atoms with E-state index in [0.717, 1.165) is 36.2 Å². The summed E-state index contributed by atoms with van der Waals surface area (Å²) in [5.74, 6) is 1.57. The molecular formula is C20H22N4O. The number of nitrogens with one attached hydrogen (secondary N) is 2. The first-order valence-corrected chi connectivity index (χ1v) is 8.84. The van der Waals surface area contributed by atoms with Gasteiger partial charge in [0.1, 0.15) is 11.6 Å². The molecule has 0 bridgehead atoms. The van der Waals surface area contributed by atoms with Gasteiger partial charge in [-0.1, -0.05) is 30.7 Å². The van der Waals surface area contributed by atoms with Gasteiger partial charge in [-0.05, 0) is 43.7 Å². The number of hydrogen-bond acceptors (Lipinski definition) is 5. The Hall–Kier alpha value is -2.66. The fourth-order valence-electron chi connectivity index (χ4n) is 3.31. The Morgan fingerprint density at radius 1 is 1.00 bits per heavy atom. The molecule has 1 atom stereocenters. The summed E-state index contributed by atoms with van der Waals surface area (Å²) in [6.07, 6.45) is 3.54. The van der Waals surface area contributed by atoms with Crippen molar-refractivity contribution in [2.45, 2.75) is 25.3 Å². The molecule has 3 aromatic rings. The Balaban J connectivity index is 1.77. The molecule has 0 saturated carbocycles. The van der Waals surface area contributed by atoms with Crippen LogP contribution in [-0.4, -0.2) is 34.2 Å². The van der Waals surface area contributed by atoms with Crippen LogP contribution in [0, 0.1) is 0 Å². The van der Waals surface area contributed by atoms with E-state index in [2.05, 4.69) is 15.6 Å². The van der Waals surface area contributed by atoms with Crippen molar-refractivity contribution in [3.8, 4) is 17.1 Å². The van der Waals surface area contributed by atoms with Gasteiger partial charge in [0.15, 0.2) is 5.82 Å². The Labute approximate surface area is 147 Å². The highest BCUT2D eigenvalue weighted by Crippen LogP contribution is 2.30. The number of aromatic hydroxyl groups is 1. The van der Waals surface area contributed by atoms with Gasteiger partial charge < -0.3 is 15.7 Å². The molecule has 1 aromatic heterocycles. The Morgan fingerprint density at radius 2 is 1.84 bits per heavy atom. The third kappa shape index (κ3) is 3.42. The molecule has 25 heavy (non-hydrogen) atoms. The number of benzene rings is 2. The minimum absolute atomic E-state index is 0.194. The lowest BCUT2D eigenvalue weighted by Crippen LogP contribution is -2.31. The molecule has 1 fully saturated rings. The van der Waals surface area contributed by atoms with Crippen LogP contribution in [0.15, 0.2) is 48.5 Å². The molecule has 128 valence electrons. The van der Waals surface area contributed by atoms with Crippen molar-refractivity contribution in [3.05, 3.63) is 48.5 Å². The Morgan fingerprint density at radius 3 is 2.76 bits per heavy atom. The summed E-state index contributed by atoms with van der Waals surface area (Å²) in [5, 5.41) is 18.3. The van der Waals surface area contributed by atoms with E-state index in [1.807, 2.05) is 36.4 Å². The fourth-order valence-corrected chi connectivity index (χ4v) is 3.31. The molecule has 0 spiro atoms. The van der Waals surface area contributed by atoms with Gasteiger partial charge in [0.2, 0.25) is 0 Å². The highest BCUT2D eigenvalue weighted by Gasteiger charge is 2.16. The number of anilines is 1. The number of fused-ring (bicyclic) bond motifs is 1. The van der Waals surface area contributed by atoms with E-state index >= 15 is 0 Å². The van der Waals surface area contributed by atoms with Crippen LogP contribution in [0.1, 0.15) is 19.3 Å². The van der Waals surface area contributed by atoms with E-state index in [1.54, 1.807) is 12.1 Å². The first kappa shape index (κ1) is 15.8. The maximum atomic E-state index is 10.2. The lowest BCUT2D eigenvalue weighted by molar-refractivity contribution is 0.477. The predicted molar refractivity (Wildman–Crippen MR) is 101 cm³/mol. The number of para-hydroxylation sites is 2. The molecule has 5 heteroatoms. The second kappa shape index (κ2) is 7.07. The van der Waals surface area contributed by atoms with Gasteiger partial charge in [-0.3, -0.25) is 0 Å². The van der Waals surface area contributed by atoms with Crippen molar-refractivity contribution in [1.29, 1.82) is 0 Å². The van der Waals surface area contributed by atoms with Crippen molar-refractivity contribution < 1.29 is 5.11 Å². The van der Waals surface area contributed by atoms with Crippen LogP contribution in [0.5, 0.6) is 5.75 Å². The van der Waals surface area contributed by atoms with Crippen molar-refractivity contribution in [3.63, 3.8) is 0 Å². The number of aromatic nitrogens is 2. The average molecular weight is 334 g/mol. The maximum Gasteiger partial charge on any atom is 0.165 e. The lowest BCUT2D eigenvalue weighted by Gasteiger charge is -2.19. The van der Waals surface area contributed by atoms with Crippen molar-refractivity contribution >= 4 is 16.7 Å². The summed E-state index contributed by atoms with van der Waals surface area (Å²) >= 11 is 0. The van der Waals surface area contributed by atoms with E-state index < -0.39 is 0 Å². The van der Waals surface area contributed by atoms with Gasteiger partial charge in [-0.2, -0.15) is 0 Å². The zero-order valence-corrected chi connectivity index (χ0v) is 14.1. The number of hydrogen-bond donors (Lipinski definition) is 3. The van der Waals surface area contributed by atoms with E-state index in [4.69, 9.17) is 4.98 Å². The highest BCUT2D eigenvalue weighted by molar-refractivity contribution is 5.91. The SMILES string of the molecule is Oc1ccccc1-c1nc(N[C@@H]2CCCCNC2)c2ccccc2n1. The van der Waals surface area contributed by atoms with Crippen LogP contribution in [0.4, 0.5) is 5.82 Å². The van der Waals surface area contributed by atoms with E-state index in [9.17, 15) is 5.11 Å². The van der Waals surface area contributed by atoms with Gasteiger partial charge in [-0.15, -0.1) is 0 Å². The van der Waals surface area contributed by atoms with Crippen LogP contribution in [0.25, 0.3) is 22.3 Å². The third-order valence-electron chi connectivity index (χ3n) is 4.64. The number of rotatable bonds is 3. The van der Waals surface area contributed by atoms with Crippen LogP contribution in [0.2, 0.25) is 0 Å². The van der Waals surface area contributed by atoms with Crippen LogP contribution in [-0.2, 0) is 0 Å². The zero-order valence-electron chi connectivity index (χ0n) is 14.1. The monoisotopic (exact) mass is 334 g/mol. The normalized spacial score (nSPS) is 18.0. The van der Waals surface area contributed by atoms with E-state index in [-0.39, 0.29) is 5.75 Å². The molecule has 0 aliphatic carbocycles. The smallest absolute Gasteiger partial charge is 0.165 e. The first-order valence-electron chi connectivity index (χ1n) is 8.84. The molecule has 3 N–H and O–H groups in total. The topological polar surface area (TPSA) is 70.1 Å².